The van der Waals surface area contributed by atoms with Crippen LogP contribution in [0.25, 0.3) is 0 Å². The Kier molecular flexibility index (Phi) is 5.70. The molecule has 1 aromatic heterocycles. The van der Waals surface area contributed by atoms with Crippen molar-refractivity contribution >= 4 is 5.91 Å². The second kappa shape index (κ2) is 7.73. The highest BCUT2D eigenvalue weighted by molar-refractivity contribution is 5.94. The minimum Gasteiger partial charge on any atom is -0.467 e. The summed E-state index contributed by atoms with van der Waals surface area (Å²) >= 11 is 0. The number of ether oxygens (including phenoxy) is 1. The number of aliphatic hydroxyl groups excluding tert-OH is 1. The number of rotatable bonds is 7. The number of amides is 1. The summed E-state index contributed by atoms with van der Waals surface area (Å²) in [5.74, 6) is 0.0465. The van der Waals surface area contributed by atoms with Gasteiger partial charge in [0.1, 0.15) is 17.6 Å². The molecule has 7 heteroatoms. The van der Waals surface area contributed by atoms with Gasteiger partial charge in [0.2, 0.25) is 0 Å². The average Bonchev–Trinajstić information content (AvgIpc) is 3.01. The summed E-state index contributed by atoms with van der Waals surface area (Å²) in [5.41, 5.74) is 0.311. The molecule has 1 heterocycles. The number of hydrogen-bond acceptors (Lipinski definition) is 4. The van der Waals surface area contributed by atoms with Crippen LogP contribution in [0.4, 0.5) is 8.78 Å². The van der Waals surface area contributed by atoms with E-state index in [0.717, 1.165) is 0 Å². The summed E-state index contributed by atoms with van der Waals surface area (Å²) in [5, 5.41) is 12.7. The van der Waals surface area contributed by atoms with Crippen LogP contribution < -0.4 is 10.1 Å². The van der Waals surface area contributed by atoms with Crippen molar-refractivity contribution in [1.82, 2.24) is 5.32 Å². The lowest BCUT2D eigenvalue weighted by molar-refractivity contribution is -0.0498. The van der Waals surface area contributed by atoms with Crippen molar-refractivity contribution in [3.63, 3.8) is 0 Å². The average molecular weight is 325 g/mol. The second-order valence-corrected chi connectivity index (χ2v) is 5.04. The van der Waals surface area contributed by atoms with Gasteiger partial charge in [-0.15, -0.1) is 0 Å². The first-order valence-electron chi connectivity index (χ1n) is 7.03. The number of nitrogens with one attached hydrogen (secondary N) is 1. The van der Waals surface area contributed by atoms with Crippen LogP contribution in [0.3, 0.4) is 0 Å². The number of hydrogen-bond donors (Lipinski definition) is 2. The molecule has 0 fully saturated rings. The third-order valence-corrected chi connectivity index (χ3v) is 3.17. The molecule has 0 spiro atoms. The van der Waals surface area contributed by atoms with Crippen LogP contribution in [0.5, 0.6) is 5.75 Å². The van der Waals surface area contributed by atoms with Crippen molar-refractivity contribution in [3.8, 4) is 5.75 Å². The van der Waals surface area contributed by atoms with E-state index in [4.69, 9.17) is 4.42 Å². The molecule has 2 rings (SSSR count). The molecule has 0 aliphatic carbocycles. The smallest absolute Gasteiger partial charge is 0.387 e. The molecule has 0 saturated carbocycles. The Morgan fingerprint density at radius 2 is 2.00 bits per heavy atom. The maximum atomic E-state index is 12.1. The van der Waals surface area contributed by atoms with Crippen molar-refractivity contribution in [2.75, 3.05) is 0 Å². The molecule has 1 amide bonds. The first kappa shape index (κ1) is 17.0. The standard InChI is InChI=1S/C16H17F2NO4/c1-10(9-13(20)14-3-2-8-22-14)19-15(21)11-4-6-12(7-5-11)23-16(17)18/h2-8,10,13,16,20H,9H2,1H3,(H,19,21). The quantitative estimate of drug-likeness (QED) is 0.820. The van der Waals surface area contributed by atoms with Crippen LogP contribution >= 0.6 is 0 Å². The monoisotopic (exact) mass is 325 g/mol. The third kappa shape index (κ3) is 5.07. The van der Waals surface area contributed by atoms with E-state index in [2.05, 4.69) is 10.1 Å². The van der Waals surface area contributed by atoms with Gasteiger partial charge in [-0.05, 0) is 43.3 Å². The fraction of sp³-hybridized carbons (Fsp3) is 0.312. The maximum absolute atomic E-state index is 12.1. The minimum atomic E-state index is -2.90. The summed E-state index contributed by atoms with van der Waals surface area (Å²) in [6.07, 6.45) is 0.929. The third-order valence-electron chi connectivity index (χ3n) is 3.17. The number of carbonyl (C=O) groups is 1. The molecule has 0 aliphatic heterocycles. The van der Waals surface area contributed by atoms with Gasteiger partial charge < -0.3 is 19.6 Å². The lowest BCUT2D eigenvalue weighted by Crippen LogP contribution is -2.33. The molecule has 0 bridgehead atoms. The molecule has 1 aromatic carbocycles. The first-order valence-corrected chi connectivity index (χ1v) is 7.03. The fourth-order valence-corrected chi connectivity index (χ4v) is 2.09. The molecule has 23 heavy (non-hydrogen) atoms. The topological polar surface area (TPSA) is 71.7 Å². The number of aliphatic hydroxyl groups is 1. The van der Waals surface area contributed by atoms with E-state index in [1.54, 1.807) is 19.1 Å². The van der Waals surface area contributed by atoms with Crippen LogP contribution in [0.2, 0.25) is 0 Å². The zero-order valence-electron chi connectivity index (χ0n) is 12.4. The molecule has 0 saturated heterocycles. The lowest BCUT2D eigenvalue weighted by Gasteiger charge is -2.16. The van der Waals surface area contributed by atoms with E-state index in [9.17, 15) is 18.7 Å². The number of benzene rings is 1. The Bertz CT molecular complexity index is 614. The number of alkyl halides is 2. The Morgan fingerprint density at radius 1 is 1.30 bits per heavy atom. The van der Waals surface area contributed by atoms with Gasteiger partial charge in [-0.3, -0.25) is 4.79 Å². The van der Waals surface area contributed by atoms with E-state index in [1.165, 1.54) is 30.5 Å². The summed E-state index contributed by atoms with van der Waals surface area (Å²) in [6, 6.07) is 8.39. The van der Waals surface area contributed by atoms with Crippen LogP contribution in [-0.2, 0) is 0 Å². The Hall–Kier alpha value is -2.41. The van der Waals surface area contributed by atoms with Crippen molar-refractivity contribution in [3.05, 3.63) is 54.0 Å². The molecule has 0 aliphatic rings. The van der Waals surface area contributed by atoms with Gasteiger partial charge in [0.25, 0.3) is 5.91 Å². The molecule has 2 atom stereocenters. The Morgan fingerprint density at radius 3 is 2.57 bits per heavy atom. The molecule has 5 nitrogen and oxygen atoms in total. The number of carbonyl (C=O) groups excluding carboxylic acids is 1. The van der Waals surface area contributed by atoms with Crippen molar-refractivity contribution < 1.29 is 27.8 Å². The summed E-state index contributed by atoms with van der Waals surface area (Å²) in [7, 11) is 0. The molecule has 2 unspecified atom stereocenters. The highest BCUT2D eigenvalue weighted by atomic mass is 19.3. The van der Waals surface area contributed by atoms with Crippen molar-refractivity contribution in [1.29, 1.82) is 0 Å². The van der Waals surface area contributed by atoms with Gasteiger partial charge in [0, 0.05) is 18.0 Å². The minimum absolute atomic E-state index is 0.0159. The van der Waals surface area contributed by atoms with Crippen LogP contribution in [0, 0.1) is 0 Å². The predicted molar refractivity (Wildman–Crippen MR) is 78.3 cm³/mol. The number of furan rings is 1. The molecular weight excluding hydrogens is 308 g/mol. The van der Waals surface area contributed by atoms with Gasteiger partial charge in [0.05, 0.1) is 6.26 Å². The maximum Gasteiger partial charge on any atom is 0.387 e. The predicted octanol–water partition coefficient (Wildman–Crippen LogP) is 3.12. The fourth-order valence-electron chi connectivity index (χ4n) is 2.09. The summed E-state index contributed by atoms with van der Waals surface area (Å²) < 4.78 is 33.4. The zero-order valence-corrected chi connectivity index (χ0v) is 12.4. The molecule has 124 valence electrons. The molecule has 0 radical (unpaired) electrons. The number of halogens is 2. The van der Waals surface area contributed by atoms with E-state index >= 15 is 0 Å². The van der Waals surface area contributed by atoms with Gasteiger partial charge in [0.15, 0.2) is 0 Å². The Labute approximate surface area is 131 Å². The van der Waals surface area contributed by atoms with Crippen molar-refractivity contribution in [2.45, 2.75) is 32.1 Å². The van der Waals surface area contributed by atoms with E-state index in [-0.39, 0.29) is 24.1 Å². The van der Waals surface area contributed by atoms with Gasteiger partial charge >= 0.3 is 6.61 Å². The highest BCUT2D eigenvalue weighted by Crippen LogP contribution is 2.19. The van der Waals surface area contributed by atoms with E-state index in [0.29, 0.717) is 11.3 Å². The molecule has 2 N–H and O–H groups in total. The normalized spacial score (nSPS) is 13.6. The van der Waals surface area contributed by atoms with Gasteiger partial charge in [-0.25, -0.2) is 0 Å². The van der Waals surface area contributed by atoms with Gasteiger partial charge in [-0.1, -0.05) is 0 Å². The summed E-state index contributed by atoms with van der Waals surface area (Å²) in [6.45, 7) is -1.16. The van der Waals surface area contributed by atoms with Crippen LogP contribution in [0.15, 0.2) is 47.1 Å². The molecular formula is C16H17F2NO4. The van der Waals surface area contributed by atoms with Crippen molar-refractivity contribution in [2.24, 2.45) is 0 Å². The first-order chi connectivity index (χ1) is 11.0. The Balaban J connectivity index is 1.88. The lowest BCUT2D eigenvalue weighted by atomic mass is 10.1. The van der Waals surface area contributed by atoms with E-state index in [1.807, 2.05) is 0 Å². The van der Waals surface area contributed by atoms with Crippen LogP contribution in [0.1, 0.15) is 35.6 Å². The van der Waals surface area contributed by atoms with E-state index < -0.39 is 12.7 Å². The second-order valence-electron chi connectivity index (χ2n) is 5.04. The molecule has 2 aromatic rings. The van der Waals surface area contributed by atoms with Gasteiger partial charge in [-0.2, -0.15) is 8.78 Å². The zero-order chi connectivity index (χ0) is 16.8. The largest absolute Gasteiger partial charge is 0.467 e. The summed E-state index contributed by atoms with van der Waals surface area (Å²) in [4.78, 5) is 12.1. The van der Waals surface area contributed by atoms with Crippen LogP contribution in [-0.4, -0.2) is 23.7 Å². The SMILES string of the molecule is CC(CC(O)c1ccco1)NC(=O)c1ccc(OC(F)F)cc1. The highest BCUT2D eigenvalue weighted by Gasteiger charge is 2.17.